The van der Waals surface area contributed by atoms with Crippen molar-refractivity contribution in [3.63, 3.8) is 0 Å². The first-order chi connectivity index (χ1) is 10.2. The fourth-order valence-electron chi connectivity index (χ4n) is 2.74. The Morgan fingerprint density at radius 3 is 2.67 bits per heavy atom. The standard InChI is InChI=1S/C17H18FN3/c1-21-16-8-7-14(18)10-15(16)20-17(21)13(11-19)9-12-5-3-2-4-6-12/h2-8,10,13H,9,11,19H2,1H3. The van der Waals surface area contributed by atoms with Gasteiger partial charge in [0, 0.05) is 25.6 Å². The summed E-state index contributed by atoms with van der Waals surface area (Å²) in [5, 5.41) is 0. The van der Waals surface area contributed by atoms with Gasteiger partial charge in [0.05, 0.1) is 11.0 Å². The number of nitrogens with two attached hydrogens (primary N) is 1. The Morgan fingerprint density at radius 1 is 1.19 bits per heavy atom. The van der Waals surface area contributed by atoms with Crippen molar-refractivity contribution in [1.82, 2.24) is 9.55 Å². The highest BCUT2D eigenvalue weighted by Crippen LogP contribution is 2.24. The molecule has 1 unspecified atom stereocenters. The Morgan fingerprint density at radius 2 is 1.95 bits per heavy atom. The van der Waals surface area contributed by atoms with E-state index in [1.54, 1.807) is 6.07 Å². The maximum Gasteiger partial charge on any atom is 0.125 e. The van der Waals surface area contributed by atoms with Crippen LogP contribution < -0.4 is 5.73 Å². The van der Waals surface area contributed by atoms with E-state index >= 15 is 0 Å². The van der Waals surface area contributed by atoms with E-state index < -0.39 is 0 Å². The number of aromatic nitrogens is 2. The first kappa shape index (κ1) is 13.8. The number of benzene rings is 2. The molecule has 0 aliphatic heterocycles. The van der Waals surface area contributed by atoms with Crippen molar-refractivity contribution in [1.29, 1.82) is 0 Å². The van der Waals surface area contributed by atoms with Gasteiger partial charge in [-0.2, -0.15) is 0 Å². The van der Waals surface area contributed by atoms with Crippen LogP contribution in [-0.2, 0) is 13.5 Å². The van der Waals surface area contributed by atoms with Crippen LogP contribution in [0.25, 0.3) is 11.0 Å². The van der Waals surface area contributed by atoms with Crippen molar-refractivity contribution in [3.05, 3.63) is 65.7 Å². The van der Waals surface area contributed by atoms with Gasteiger partial charge in [-0.15, -0.1) is 0 Å². The Labute approximate surface area is 123 Å². The van der Waals surface area contributed by atoms with E-state index in [-0.39, 0.29) is 11.7 Å². The van der Waals surface area contributed by atoms with Crippen LogP contribution in [0.3, 0.4) is 0 Å². The number of aryl methyl sites for hydroxylation is 1. The molecule has 1 aromatic heterocycles. The second kappa shape index (κ2) is 5.66. The molecule has 0 spiro atoms. The smallest absolute Gasteiger partial charge is 0.125 e. The Kier molecular flexibility index (Phi) is 3.71. The van der Waals surface area contributed by atoms with Crippen LogP contribution in [0.1, 0.15) is 17.3 Å². The van der Waals surface area contributed by atoms with Crippen LogP contribution in [0.15, 0.2) is 48.5 Å². The van der Waals surface area contributed by atoms with Crippen molar-refractivity contribution in [2.24, 2.45) is 12.8 Å². The highest BCUT2D eigenvalue weighted by Gasteiger charge is 2.18. The van der Waals surface area contributed by atoms with Crippen LogP contribution in [0.5, 0.6) is 0 Å². The topological polar surface area (TPSA) is 43.8 Å². The number of nitrogens with zero attached hydrogens (tertiary/aromatic N) is 2. The lowest BCUT2D eigenvalue weighted by atomic mass is 9.98. The molecule has 3 nitrogen and oxygen atoms in total. The summed E-state index contributed by atoms with van der Waals surface area (Å²) < 4.78 is 15.3. The fourth-order valence-corrected chi connectivity index (χ4v) is 2.74. The largest absolute Gasteiger partial charge is 0.331 e. The van der Waals surface area contributed by atoms with Crippen molar-refractivity contribution in [2.45, 2.75) is 12.3 Å². The van der Waals surface area contributed by atoms with Crippen LogP contribution in [-0.4, -0.2) is 16.1 Å². The van der Waals surface area contributed by atoms with Crippen molar-refractivity contribution in [3.8, 4) is 0 Å². The van der Waals surface area contributed by atoms with Crippen molar-refractivity contribution >= 4 is 11.0 Å². The summed E-state index contributed by atoms with van der Waals surface area (Å²) in [4.78, 5) is 4.58. The number of fused-ring (bicyclic) bond motifs is 1. The number of halogens is 1. The summed E-state index contributed by atoms with van der Waals surface area (Å²) in [7, 11) is 1.95. The van der Waals surface area contributed by atoms with Crippen LogP contribution in [0, 0.1) is 5.82 Å². The highest BCUT2D eigenvalue weighted by molar-refractivity contribution is 5.76. The lowest BCUT2D eigenvalue weighted by molar-refractivity contribution is 0.622. The average Bonchev–Trinajstić information content (AvgIpc) is 2.82. The van der Waals surface area contributed by atoms with Gasteiger partial charge in [-0.05, 0) is 24.1 Å². The van der Waals surface area contributed by atoms with Gasteiger partial charge in [0.15, 0.2) is 0 Å². The Hall–Kier alpha value is -2.20. The molecule has 0 bridgehead atoms. The van der Waals surface area contributed by atoms with Gasteiger partial charge in [0.2, 0.25) is 0 Å². The summed E-state index contributed by atoms with van der Waals surface area (Å²) in [6.07, 6.45) is 0.830. The number of hydrogen-bond acceptors (Lipinski definition) is 2. The van der Waals surface area contributed by atoms with E-state index in [0.29, 0.717) is 12.1 Å². The molecule has 0 radical (unpaired) electrons. The second-order valence-corrected chi connectivity index (χ2v) is 5.28. The molecule has 3 aromatic rings. The van der Waals surface area contributed by atoms with Crippen molar-refractivity contribution in [2.75, 3.05) is 6.54 Å². The van der Waals surface area contributed by atoms with Gasteiger partial charge in [0.25, 0.3) is 0 Å². The minimum Gasteiger partial charge on any atom is -0.331 e. The van der Waals surface area contributed by atoms with E-state index in [4.69, 9.17) is 5.73 Å². The third-order valence-electron chi connectivity index (χ3n) is 3.85. The molecular formula is C17H18FN3. The zero-order valence-corrected chi connectivity index (χ0v) is 12.0. The summed E-state index contributed by atoms with van der Waals surface area (Å²) in [6, 6.07) is 14.9. The number of imidazole rings is 1. The molecule has 0 aliphatic carbocycles. The molecule has 1 heterocycles. The molecule has 2 N–H and O–H groups in total. The zero-order valence-electron chi connectivity index (χ0n) is 12.0. The third kappa shape index (κ3) is 2.67. The number of rotatable bonds is 4. The SMILES string of the molecule is Cn1c(C(CN)Cc2ccccc2)nc2cc(F)ccc21. The quantitative estimate of drug-likeness (QED) is 0.800. The summed E-state index contributed by atoms with van der Waals surface area (Å²) in [5.41, 5.74) is 8.78. The first-order valence-corrected chi connectivity index (χ1v) is 7.05. The molecule has 0 saturated heterocycles. The van der Waals surface area contributed by atoms with E-state index in [1.807, 2.05) is 29.8 Å². The molecule has 4 heteroatoms. The lowest BCUT2D eigenvalue weighted by Crippen LogP contribution is -2.18. The van der Waals surface area contributed by atoms with E-state index in [9.17, 15) is 4.39 Å². The monoisotopic (exact) mass is 283 g/mol. The van der Waals surface area contributed by atoms with E-state index in [0.717, 1.165) is 17.8 Å². The predicted molar refractivity (Wildman–Crippen MR) is 82.6 cm³/mol. The minimum absolute atomic E-state index is 0.118. The van der Waals surface area contributed by atoms with Crippen LogP contribution in [0.2, 0.25) is 0 Å². The Bertz CT molecular complexity index is 749. The molecule has 3 rings (SSSR count). The molecule has 2 aromatic carbocycles. The van der Waals surface area contributed by atoms with Gasteiger partial charge in [-0.25, -0.2) is 9.37 Å². The predicted octanol–water partition coefficient (Wildman–Crippen LogP) is 3.00. The zero-order chi connectivity index (χ0) is 14.8. The Balaban J connectivity index is 1.99. The van der Waals surface area contributed by atoms with Gasteiger partial charge in [0.1, 0.15) is 11.6 Å². The van der Waals surface area contributed by atoms with Gasteiger partial charge in [-0.3, -0.25) is 0 Å². The van der Waals surface area contributed by atoms with Crippen molar-refractivity contribution < 1.29 is 4.39 Å². The summed E-state index contributed by atoms with van der Waals surface area (Å²) in [5.74, 6) is 0.759. The molecule has 0 saturated carbocycles. The average molecular weight is 283 g/mol. The fraction of sp³-hybridized carbons (Fsp3) is 0.235. The molecule has 0 aliphatic rings. The molecule has 21 heavy (non-hydrogen) atoms. The summed E-state index contributed by atoms with van der Waals surface area (Å²) >= 11 is 0. The van der Waals surface area contributed by atoms with Crippen LogP contribution in [0.4, 0.5) is 4.39 Å². The minimum atomic E-state index is -0.264. The molecular weight excluding hydrogens is 265 g/mol. The summed E-state index contributed by atoms with van der Waals surface area (Å²) in [6.45, 7) is 0.508. The molecule has 0 fully saturated rings. The third-order valence-corrected chi connectivity index (χ3v) is 3.85. The van der Waals surface area contributed by atoms with Gasteiger partial charge < -0.3 is 10.3 Å². The molecule has 0 amide bonds. The van der Waals surface area contributed by atoms with E-state index in [2.05, 4.69) is 17.1 Å². The van der Waals surface area contributed by atoms with Gasteiger partial charge in [-0.1, -0.05) is 30.3 Å². The molecule has 1 atom stereocenters. The van der Waals surface area contributed by atoms with Gasteiger partial charge >= 0.3 is 0 Å². The molecule has 108 valence electrons. The normalized spacial score (nSPS) is 12.7. The number of hydrogen-bond donors (Lipinski definition) is 1. The maximum absolute atomic E-state index is 13.3. The highest BCUT2D eigenvalue weighted by atomic mass is 19.1. The second-order valence-electron chi connectivity index (χ2n) is 5.28. The van der Waals surface area contributed by atoms with E-state index in [1.165, 1.54) is 17.7 Å². The first-order valence-electron chi connectivity index (χ1n) is 7.05. The lowest BCUT2D eigenvalue weighted by Gasteiger charge is -2.14. The van der Waals surface area contributed by atoms with Crippen LogP contribution >= 0.6 is 0 Å². The maximum atomic E-state index is 13.3.